The molecule has 1 aromatic rings. The lowest BCUT2D eigenvalue weighted by Crippen LogP contribution is -2.38. The van der Waals surface area contributed by atoms with Crippen LogP contribution in [0.1, 0.15) is 6.42 Å². The van der Waals surface area contributed by atoms with Crippen LogP contribution in [0.5, 0.6) is 0 Å². The average Bonchev–Trinajstić information content (AvgIpc) is 2.70. The number of amides is 2. The molecule has 0 aromatic heterocycles. The number of carbonyl (C=O) groups is 1. The van der Waals surface area contributed by atoms with Gasteiger partial charge in [0.1, 0.15) is 0 Å². The molecule has 8 nitrogen and oxygen atoms in total. The lowest BCUT2D eigenvalue weighted by molar-refractivity contribution is -0.384. The second kappa shape index (κ2) is 5.86. The molecule has 10 heteroatoms. The molecule has 2 amide bonds. The summed E-state index contributed by atoms with van der Waals surface area (Å²) in [6.45, 7) is 0. The highest BCUT2D eigenvalue weighted by Gasteiger charge is 2.29. The number of rotatable bonds is 3. The van der Waals surface area contributed by atoms with Crippen molar-refractivity contribution in [1.82, 2.24) is 5.32 Å². The molecule has 1 fully saturated rings. The Labute approximate surface area is 125 Å². The first-order valence-electron chi connectivity index (χ1n) is 5.99. The molecular weight excluding hydrogens is 322 g/mol. The van der Waals surface area contributed by atoms with Crippen LogP contribution in [0.3, 0.4) is 0 Å². The summed E-state index contributed by atoms with van der Waals surface area (Å²) in [6.07, 6.45) is 0.365. The SMILES string of the molecule is O=C(Nc1ccc([N+](=O)[O-])cc1Cl)NC1CCS(=O)(=O)C1. The number of sulfone groups is 1. The van der Waals surface area contributed by atoms with Gasteiger partial charge in [0.25, 0.3) is 5.69 Å². The van der Waals surface area contributed by atoms with Crippen LogP contribution in [0.25, 0.3) is 0 Å². The second-order valence-corrected chi connectivity index (χ2v) is 7.26. The van der Waals surface area contributed by atoms with E-state index in [0.29, 0.717) is 6.42 Å². The van der Waals surface area contributed by atoms with Gasteiger partial charge in [0, 0.05) is 18.2 Å². The van der Waals surface area contributed by atoms with E-state index in [9.17, 15) is 23.3 Å². The molecule has 0 saturated carbocycles. The Hall–Kier alpha value is -1.87. The van der Waals surface area contributed by atoms with Gasteiger partial charge in [0.05, 0.1) is 27.1 Å². The normalized spacial score (nSPS) is 20.0. The number of nitro groups is 1. The summed E-state index contributed by atoms with van der Waals surface area (Å²) in [5, 5.41) is 15.6. The largest absolute Gasteiger partial charge is 0.334 e. The van der Waals surface area contributed by atoms with E-state index in [1.165, 1.54) is 12.1 Å². The summed E-state index contributed by atoms with van der Waals surface area (Å²) >= 11 is 5.84. The first-order chi connectivity index (χ1) is 9.77. The molecule has 0 spiro atoms. The molecule has 1 aliphatic rings. The Kier molecular flexibility index (Phi) is 4.33. The monoisotopic (exact) mass is 333 g/mol. The van der Waals surface area contributed by atoms with E-state index >= 15 is 0 Å². The quantitative estimate of drug-likeness (QED) is 0.642. The van der Waals surface area contributed by atoms with Gasteiger partial charge in [-0.25, -0.2) is 13.2 Å². The lowest BCUT2D eigenvalue weighted by Gasteiger charge is -2.12. The van der Waals surface area contributed by atoms with Gasteiger partial charge in [-0.15, -0.1) is 0 Å². The fourth-order valence-electron chi connectivity index (χ4n) is 1.97. The highest BCUT2D eigenvalue weighted by molar-refractivity contribution is 7.91. The zero-order valence-electron chi connectivity index (χ0n) is 10.7. The van der Waals surface area contributed by atoms with Crippen molar-refractivity contribution in [3.63, 3.8) is 0 Å². The van der Waals surface area contributed by atoms with Crippen LogP contribution >= 0.6 is 11.6 Å². The molecule has 1 saturated heterocycles. The van der Waals surface area contributed by atoms with E-state index in [1.807, 2.05) is 0 Å². The maximum Gasteiger partial charge on any atom is 0.319 e. The number of nitro benzene ring substituents is 1. The van der Waals surface area contributed by atoms with Gasteiger partial charge in [-0.2, -0.15) is 0 Å². The first-order valence-corrected chi connectivity index (χ1v) is 8.19. The maximum absolute atomic E-state index is 11.7. The van der Waals surface area contributed by atoms with Crippen LogP contribution < -0.4 is 10.6 Å². The number of halogens is 1. The van der Waals surface area contributed by atoms with Crippen LogP contribution in [0.15, 0.2) is 18.2 Å². The zero-order chi connectivity index (χ0) is 15.6. The summed E-state index contributed by atoms with van der Waals surface area (Å²) in [6, 6.07) is 2.60. The maximum atomic E-state index is 11.7. The number of hydrogen-bond donors (Lipinski definition) is 2. The van der Waals surface area contributed by atoms with Crippen molar-refractivity contribution >= 4 is 38.8 Å². The molecule has 1 heterocycles. The lowest BCUT2D eigenvalue weighted by atomic mass is 10.2. The number of hydrogen-bond acceptors (Lipinski definition) is 5. The van der Waals surface area contributed by atoms with Crippen molar-refractivity contribution in [3.8, 4) is 0 Å². The predicted octanol–water partition coefficient (Wildman–Crippen LogP) is 1.56. The molecule has 0 aliphatic carbocycles. The van der Waals surface area contributed by atoms with E-state index in [2.05, 4.69) is 10.6 Å². The molecule has 114 valence electrons. The van der Waals surface area contributed by atoms with E-state index in [1.54, 1.807) is 0 Å². The summed E-state index contributed by atoms with van der Waals surface area (Å²) in [4.78, 5) is 21.7. The van der Waals surface area contributed by atoms with Gasteiger partial charge in [-0.1, -0.05) is 11.6 Å². The Morgan fingerprint density at radius 2 is 2.14 bits per heavy atom. The van der Waals surface area contributed by atoms with Crippen molar-refractivity contribution in [1.29, 1.82) is 0 Å². The standard InChI is InChI=1S/C11H12ClN3O5S/c12-9-5-8(15(17)18)1-2-10(9)14-11(16)13-7-3-4-21(19,20)6-7/h1-2,5,7H,3-4,6H2,(H2,13,14,16). The molecule has 1 unspecified atom stereocenters. The molecule has 2 rings (SSSR count). The number of anilines is 1. The van der Waals surface area contributed by atoms with Crippen molar-refractivity contribution < 1.29 is 18.1 Å². The number of carbonyl (C=O) groups excluding carboxylic acids is 1. The fraction of sp³-hybridized carbons (Fsp3) is 0.364. The van der Waals surface area contributed by atoms with Crippen molar-refractivity contribution in [3.05, 3.63) is 33.3 Å². The number of urea groups is 1. The molecule has 1 aliphatic heterocycles. The molecule has 1 atom stereocenters. The molecule has 2 N–H and O–H groups in total. The smallest absolute Gasteiger partial charge is 0.319 e. The van der Waals surface area contributed by atoms with E-state index < -0.39 is 26.8 Å². The van der Waals surface area contributed by atoms with E-state index in [4.69, 9.17) is 11.6 Å². The summed E-state index contributed by atoms with van der Waals surface area (Å²) in [5.41, 5.74) is 0.0217. The average molecular weight is 334 g/mol. The molecule has 0 radical (unpaired) electrons. The third-order valence-electron chi connectivity index (χ3n) is 2.98. The van der Waals surface area contributed by atoms with Gasteiger partial charge < -0.3 is 10.6 Å². The zero-order valence-corrected chi connectivity index (χ0v) is 12.3. The number of non-ortho nitro benzene ring substituents is 1. The van der Waals surface area contributed by atoms with Crippen molar-refractivity contribution in [2.45, 2.75) is 12.5 Å². The van der Waals surface area contributed by atoms with Crippen molar-refractivity contribution in [2.24, 2.45) is 0 Å². The Balaban J connectivity index is 1.98. The van der Waals surface area contributed by atoms with Gasteiger partial charge in [0.2, 0.25) is 0 Å². The fourth-order valence-corrected chi connectivity index (χ4v) is 3.87. The minimum Gasteiger partial charge on any atom is -0.334 e. The van der Waals surface area contributed by atoms with Gasteiger partial charge in [0.15, 0.2) is 9.84 Å². The third-order valence-corrected chi connectivity index (χ3v) is 5.06. The molecule has 1 aromatic carbocycles. The Morgan fingerprint density at radius 3 is 2.67 bits per heavy atom. The van der Waals surface area contributed by atoms with Crippen LogP contribution in [-0.4, -0.2) is 36.9 Å². The molecular formula is C11H12ClN3O5S. The topological polar surface area (TPSA) is 118 Å². The number of nitrogens with zero attached hydrogens (tertiary/aromatic N) is 1. The van der Waals surface area contributed by atoms with E-state index in [0.717, 1.165) is 6.07 Å². The van der Waals surface area contributed by atoms with Crippen LogP contribution in [0.4, 0.5) is 16.2 Å². The van der Waals surface area contributed by atoms with Crippen molar-refractivity contribution in [2.75, 3.05) is 16.8 Å². The third kappa shape index (κ3) is 4.05. The second-order valence-electron chi connectivity index (χ2n) is 4.62. The molecule has 21 heavy (non-hydrogen) atoms. The number of benzene rings is 1. The number of nitrogens with one attached hydrogen (secondary N) is 2. The molecule has 0 bridgehead atoms. The highest BCUT2D eigenvalue weighted by atomic mass is 35.5. The minimum absolute atomic E-state index is 0.0263. The van der Waals surface area contributed by atoms with Crippen LogP contribution in [0.2, 0.25) is 5.02 Å². The first kappa shape index (κ1) is 15.5. The predicted molar refractivity (Wildman–Crippen MR) is 77.3 cm³/mol. The van der Waals surface area contributed by atoms with Gasteiger partial charge >= 0.3 is 6.03 Å². The Bertz CT molecular complexity index is 691. The highest BCUT2D eigenvalue weighted by Crippen LogP contribution is 2.26. The van der Waals surface area contributed by atoms with Gasteiger partial charge in [-0.3, -0.25) is 10.1 Å². The van der Waals surface area contributed by atoms with E-state index in [-0.39, 0.29) is 27.9 Å². The summed E-state index contributed by atoms with van der Waals surface area (Å²) < 4.78 is 22.6. The minimum atomic E-state index is -3.08. The summed E-state index contributed by atoms with van der Waals surface area (Å²) in [7, 11) is -3.08. The van der Waals surface area contributed by atoms with Crippen LogP contribution in [-0.2, 0) is 9.84 Å². The van der Waals surface area contributed by atoms with Gasteiger partial charge in [-0.05, 0) is 12.5 Å². The summed E-state index contributed by atoms with van der Waals surface area (Å²) in [5.74, 6) is -0.0371. The van der Waals surface area contributed by atoms with Crippen LogP contribution in [0, 0.1) is 10.1 Å². The Morgan fingerprint density at radius 1 is 1.43 bits per heavy atom.